The molecule has 1 atom stereocenters. The summed E-state index contributed by atoms with van der Waals surface area (Å²) in [5, 5.41) is 10.9. The largest absolute Gasteiger partial charge is 0.444 e. The zero-order valence-electron chi connectivity index (χ0n) is 15.7. The molecule has 6 nitrogen and oxygen atoms in total. The summed E-state index contributed by atoms with van der Waals surface area (Å²) in [6, 6.07) is 0.464. The Balaban J connectivity index is 1.98. The molecule has 6 heteroatoms. The maximum atomic E-state index is 12.7. The molecule has 0 bridgehead atoms. The van der Waals surface area contributed by atoms with E-state index >= 15 is 0 Å². The van der Waals surface area contributed by atoms with Gasteiger partial charge in [0.1, 0.15) is 5.60 Å². The fourth-order valence-electron chi connectivity index (χ4n) is 3.38. The first-order valence-electron chi connectivity index (χ1n) is 9.02. The average Bonchev–Trinajstić information content (AvgIpc) is 3.20. The van der Waals surface area contributed by atoms with Crippen molar-refractivity contribution in [3.63, 3.8) is 0 Å². The Bertz CT molecular complexity index is 480. The van der Waals surface area contributed by atoms with Gasteiger partial charge >= 0.3 is 6.09 Å². The highest BCUT2D eigenvalue weighted by Gasteiger charge is 2.42. The van der Waals surface area contributed by atoms with Crippen molar-refractivity contribution in [3.05, 3.63) is 0 Å². The fourth-order valence-corrected chi connectivity index (χ4v) is 3.38. The summed E-state index contributed by atoms with van der Waals surface area (Å²) in [5.41, 5.74) is -1.73. The van der Waals surface area contributed by atoms with Crippen molar-refractivity contribution < 1.29 is 19.4 Å². The molecule has 0 spiro atoms. The number of hydrogen-bond acceptors (Lipinski definition) is 4. The van der Waals surface area contributed by atoms with Gasteiger partial charge in [0.2, 0.25) is 5.91 Å². The van der Waals surface area contributed by atoms with Crippen LogP contribution in [0.1, 0.15) is 66.7 Å². The van der Waals surface area contributed by atoms with Gasteiger partial charge in [0.15, 0.2) is 0 Å². The maximum absolute atomic E-state index is 12.7. The molecule has 2 rings (SSSR count). The minimum Gasteiger partial charge on any atom is -0.444 e. The Morgan fingerprint density at radius 1 is 1.33 bits per heavy atom. The Morgan fingerprint density at radius 3 is 2.46 bits per heavy atom. The quantitative estimate of drug-likeness (QED) is 0.854. The SMILES string of the molecule is CC(C)N(C(=O)CC1(O)CCCN(C(=O)OC(C)(C)C)C1)C1CC1. The first-order chi connectivity index (χ1) is 11.0. The standard InChI is InChI=1S/C18H32N2O4/c1-13(2)20(14-7-8-14)15(21)11-18(23)9-6-10-19(12-18)16(22)24-17(3,4)5/h13-14,23H,6-12H2,1-5H3. The van der Waals surface area contributed by atoms with Crippen LogP contribution in [0.2, 0.25) is 0 Å². The van der Waals surface area contributed by atoms with E-state index in [4.69, 9.17) is 4.74 Å². The summed E-state index contributed by atoms with van der Waals surface area (Å²) in [6.45, 7) is 10.2. The van der Waals surface area contributed by atoms with Crippen molar-refractivity contribution in [3.8, 4) is 0 Å². The molecule has 2 fully saturated rings. The normalized spacial score (nSPS) is 24.9. The monoisotopic (exact) mass is 340 g/mol. The molecule has 1 saturated heterocycles. The number of likely N-dealkylation sites (tertiary alicyclic amines) is 1. The van der Waals surface area contributed by atoms with Gasteiger partial charge in [-0.2, -0.15) is 0 Å². The molecule has 0 aromatic carbocycles. The summed E-state index contributed by atoms with van der Waals surface area (Å²) in [5.74, 6) is -0.0129. The van der Waals surface area contributed by atoms with Crippen LogP contribution in [0.5, 0.6) is 0 Å². The van der Waals surface area contributed by atoms with Crippen LogP contribution in [0, 0.1) is 0 Å². The molecular formula is C18H32N2O4. The number of aliphatic hydroxyl groups is 1. The van der Waals surface area contributed by atoms with Gasteiger partial charge in [0.05, 0.1) is 18.6 Å². The molecule has 24 heavy (non-hydrogen) atoms. The van der Waals surface area contributed by atoms with E-state index in [0.717, 1.165) is 12.8 Å². The van der Waals surface area contributed by atoms with Gasteiger partial charge < -0.3 is 19.6 Å². The molecule has 1 aliphatic heterocycles. The minimum atomic E-state index is -1.16. The topological polar surface area (TPSA) is 70.1 Å². The van der Waals surface area contributed by atoms with Crippen molar-refractivity contribution >= 4 is 12.0 Å². The van der Waals surface area contributed by atoms with Crippen LogP contribution < -0.4 is 0 Å². The molecule has 138 valence electrons. The lowest BCUT2D eigenvalue weighted by Crippen LogP contribution is -2.54. The number of hydrogen-bond donors (Lipinski definition) is 1. The third-order valence-electron chi connectivity index (χ3n) is 4.47. The zero-order valence-corrected chi connectivity index (χ0v) is 15.7. The first kappa shape index (κ1) is 19.0. The van der Waals surface area contributed by atoms with E-state index < -0.39 is 17.3 Å². The molecule has 1 heterocycles. The second-order valence-electron chi connectivity index (χ2n) is 8.53. The zero-order chi connectivity index (χ0) is 18.1. The summed E-state index contributed by atoms with van der Waals surface area (Å²) in [7, 11) is 0. The van der Waals surface area contributed by atoms with Gasteiger partial charge in [-0.05, 0) is 60.3 Å². The van der Waals surface area contributed by atoms with Crippen LogP contribution in [-0.2, 0) is 9.53 Å². The predicted molar refractivity (Wildman–Crippen MR) is 91.6 cm³/mol. The van der Waals surface area contributed by atoms with Crippen molar-refractivity contribution in [1.29, 1.82) is 0 Å². The van der Waals surface area contributed by atoms with Gasteiger partial charge in [0, 0.05) is 18.6 Å². The van der Waals surface area contributed by atoms with Crippen molar-refractivity contribution in [1.82, 2.24) is 9.80 Å². The Kier molecular flexibility index (Phi) is 5.47. The van der Waals surface area contributed by atoms with Crippen LogP contribution in [-0.4, -0.2) is 63.3 Å². The lowest BCUT2D eigenvalue weighted by Gasteiger charge is -2.40. The summed E-state index contributed by atoms with van der Waals surface area (Å²) in [4.78, 5) is 28.3. The predicted octanol–water partition coefficient (Wildman–Crippen LogP) is 2.54. The molecule has 1 N–H and O–H groups in total. The van der Waals surface area contributed by atoms with E-state index in [2.05, 4.69) is 0 Å². The number of carbonyl (C=O) groups is 2. The molecule has 1 saturated carbocycles. The summed E-state index contributed by atoms with van der Waals surface area (Å²) < 4.78 is 5.39. The van der Waals surface area contributed by atoms with E-state index in [0.29, 0.717) is 25.4 Å². The van der Waals surface area contributed by atoms with Gasteiger partial charge in [-0.3, -0.25) is 4.79 Å². The second-order valence-corrected chi connectivity index (χ2v) is 8.53. The van der Waals surface area contributed by atoms with Gasteiger partial charge in [-0.1, -0.05) is 0 Å². The fraction of sp³-hybridized carbons (Fsp3) is 0.889. The molecule has 1 unspecified atom stereocenters. The van der Waals surface area contributed by atoms with E-state index in [-0.39, 0.29) is 24.9 Å². The number of ether oxygens (including phenoxy) is 1. The minimum absolute atomic E-state index is 0.0129. The molecule has 2 amide bonds. The van der Waals surface area contributed by atoms with E-state index in [1.807, 2.05) is 39.5 Å². The molecule has 2 aliphatic rings. The van der Waals surface area contributed by atoms with Gasteiger partial charge in [-0.15, -0.1) is 0 Å². The van der Waals surface area contributed by atoms with E-state index in [9.17, 15) is 14.7 Å². The van der Waals surface area contributed by atoms with Crippen LogP contribution in [0.3, 0.4) is 0 Å². The average molecular weight is 340 g/mol. The van der Waals surface area contributed by atoms with Crippen LogP contribution in [0.15, 0.2) is 0 Å². The van der Waals surface area contributed by atoms with E-state index in [1.54, 1.807) is 0 Å². The van der Waals surface area contributed by atoms with E-state index in [1.165, 1.54) is 4.90 Å². The number of carbonyl (C=O) groups excluding carboxylic acids is 2. The van der Waals surface area contributed by atoms with Crippen molar-refractivity contribution in [2.24, 2.45) is 0 Å². The smallest absolute Gasteiger partial charge is 0.410 e. The molecular weight excluding hydrogens is 308 g/mol. The lowest BCUT2D eigenvalue weighted by molar-refractivity contribution is -0.141. The van der Waals surface area contributed by atoms with Crippen LogP contribution in [0.25, 0.3) is 0 Å². The van der Waals surface area contributed by atoms with Crippen molar-refractivity contribution in [2.45, 2.75) is 90.0 Å². The summed E-state index contributed by atoms with van der Waals surface area (Å²) >= 11 is 0. The second kappa shape index (κ2) is 6.90. The van der Waals surface area contributed by atoms with Crippen LogP contribution >= 0.6 is 0 Å². The third kappa shape index (κ3) is 5.10. The van der Waals surface area contributed by atoms with Crippen molar-refractivity contribution in [2.75, 3.05) is 13.1 Å². The Labute approximate surface area is 145 Å². The van der Waals surface area contributed by atoms with Crippen LogP contribution in [0.4, 0.5) is 4.79 Å². The Hall–Kier alpha value is -1.30. The molecule has 0 radical (unpaired) electrons. The highest BCUT2D eigenvalue weighted by atomic mass is 16.6. The van der Waals surface area contributed by atoms with Gasteiger partial charge in [0.25, 0.3) is 0 Å². The highest BCUT2D eigenvalue weighted by Crippen LogP contribution is 2.32. The molecule has 0 aromatic heterocycles. The number of amides is 2. The summed E-state index contributed by atoms with van der Waals surface area (Å²) in [6.07, 6.45) is 2.96. The third-order valence-corrected chi connectivity index (χ3v) is 4.47. The van der Waals surface area contributed by atoms with Gasteiger partial charge in [-0.25, -0.2) is 4.79 Å². The molecule has 1 aliphatic carbocycles. The highest BCUT2D eigenvalue weighted by molar-refractivity contribution is 5.78. The Morgan fingerprint density at radius 2 is 1.96 bits per heavy atom. The number of piperidine rings is 1. The first-order valence-corrected chi connectivity index (χ1v) is 9.02. The number of nitrogens with zero attached hydrogens (tertiary/aromatic N) is 2. The number of rotatable bonds is 4. The lowest BCUT2D eigenvalue weighted by atomic mass is 9.89. The maximum Gasteiger partial charge on any atom is 0.410 e. The number of β-amino-alcohol motifs (C(OH)–C–C–N with tert-alkyl or cyclic N) is 1. The molecule has 0 aromatic rings.